The van der Waals surface area contributed by atoms with Crippen LogP contribution in [0.25, 0.3) is 0 Å². The van der Waals surface area contributed by atoms with Gasteiger partial charge in [-0.3, -0.25) is 0 Å². The van der Waals surface area contributed by atoms with Gasteiger partial charge in [-0.25, -0.2) is 17.5 Å². The molecule has 1 N–H and O–H groups in total. The van der Waals surface area contributed by atoms with Crippen molar-refractivity contribution < 1.29 is 17.6 Å². The van der Waals surface area contributed by atoms with Gasteiger partial charge in [-0.2, -0.15) is 0 Å². The topological polar surface area (TPSA) is 82.9 Å². The van der Waals surface area contributed by atoms with E-state index in [0.717, 1.165) is 24.4 Å². The van der Waals surface area contributed by atoms with Crippen LogP contribution in [0.1, 0.15) is 36.8 Å². The molecule has 0 aromatic carbocycles. The van der Waals surface area contributed by atoms with Crippen LogP contribution in [-0.2, 0) is 10.0 Å². The highest BCUT2D eigenvalue weighted by Gasteiger charge is 2.32. The summed E-state index contributed by atoms with van der Waals surface area (Å²) in [6.07, 6.45) is 2.50. The summed E-state index contributed by atoms with van der Waals surface area (Å²) in [5.74, 6) is 1.87. The second-order valence-corrected chi connectivity index (χ2v) is 8.19. The minimum atomic E-state index is -3.10. The average molecular weight is 341 g/mol. The highest BCUT2D eigenvalue weighted by Crippen LogP contribution is 2.32. The predicted molar refractivity (Wildman–Crippen MR) is 85.5 cm³/mol. The molecule has 8 heteroatoms. The van der Waals surface area contributed by atoms with Gasteiger partial charge in [0.25, 0.3) is 0 Å². The van der Waals surface area contributed by atoms with E-state index in [2.05, 4.69) is 5.32 Å². The van der Waals surface area contributed by atoms with Crippen LogP contribution < -0.4 is 5.32 Å². The summed E-state index contributed by atoms with van der Waals surface area (Å²) >= 11 is 0. The van der Waals surface area contributed by atoms with Crippen LogP contribution >= 0.6 is 0 Å². The second-order valence-electron chi connectivity index (χ2n) is 6.10. The molecule has 2 amide bonds. The van der Waals surface area contributed by atoms with Gasteiger partial charge in [-0.1, -0.05) is 0 Å². The molecular weight excluding hydrogens is 318 g/mol. The van der Waals surface area contributed by atoms with E-state index in [1.54, 1.807) is 4.90 Å². The third-order valence-electron chi connectivity index (χ3n) is 4.44. The first kappa shape index (κ1) is 16.3. The molecule has 0 saturated carbocycles. The maximum atomic E-state index is 12.4. The molecule has 0 spiro atoms. The molecule has 2 fully saturated rings. The predicted octanol–water partition coefficient (Wildman–Crippen LogP) is 1.47. The Labute approximate surface area is 136 Å². The summed E-state index contributed by atoms with van der Waals surface area (Å²) in [5, 5.41) is 2.84. The number of amides is 2. The number of likely N-dealkylation sites (tertiary alicyclic amines) is 1. The Hall–Kier alpha value is -1.54. The van der Waals surface area contributed by atoms with Crippen molar-refractivity contribution in [3.63, 3.8) is 0 Å². The van der Waals surface area contributed by atoms with E-state index >= 15 is 0 Å². The van der Waals surface area contributed by atoms with Crippen molar-refractivity contribution in [2.45, 2.75) is 32.2 Å². The largest absolute Gasteiger partial charge is 0.464 e. The van der Waals surface area contributed by atoms with E-state index in [4.69, 9.17) is 4.42 Å². The number of carbonyl (C=O) groups excluding carboxylic acids is 1. The number of rotatable bonds is 4. The maximum absolute atomic E-state index is 12.4. The maximum Gasteiger partial charge on any atom is 0.318 e. The number of furan rings is 1. The smallest absolute Gasteiger partial charge is 0.318 e. The van der Waals surface area contributed by atoms with E-state index in [1.807, 2.05) is 19.1 Å². The van der Waals surface area contributed by atoms with Gasteiger partial charge in [0.2, 0.25) is 10.0 Å². The minimum Gasteiger partial charge on any atom is -0.464 e. The quantitative estimate of drug-likeness (QED) is 0.899. The van der Waals surface area contributed by atoms with Crippen molar-refractivity contribution >= 4 is 16.1 Å². The molecule has 7 nitrogen and oxygen atoms in total. The number of nitrogens with zero attached hydrogens (tertiary/aromatic N) is 2. The molecule has 0 aliphatic carbocycles. The van der Waals surface area contributed by atoms with Gasteiger partial charge in [0, 0.05) is 26.2 Å². The third kappa shape index (κ3) is 3.53. The molecule has 1 unspecified atom stereocenters. The molecule has 1 aromatic rings. The number of hydrogen-bond acceptors (Lipinski definition) is 4. The molecule has 3 heterocycles. The molecule has 2 aliphatic heterocycles. The first-order valence-corrected chi connectivity index (χ1v) is 9.67. The lowest BCUT2D eigenvalue weighted by Gasteiger charge is -2.24. The molecule has 0 bridgehead atoms. The van der Waals surface area contributed by atoms with Crippen molar-refractivity contribution in [1.82, 2.24) is 14.5 Å². The van der Waals surface area contributed by atoms with Crippen molar-refractivity contribution in [2.24, 2.45) is 0 Å². The molecule has 2 aliphatic rings. The van der Waals surface area contributed by atoms with Crippen LogP contribution in [0.2, 0.25) is 0 Å². The molecule has 23 heavy (non-hydrogen) atoms. The Balaban J connectivity index is 1.53. The fourth-order valence-corrected chi connectivity index (χ4v) is 4.80. The van der Waals surface area contributed by atoms with Crippen molar-refractivity contribution in [1.29, 1.82) is 0 Å². The van der Waals surface area contributed by atoms with Gasteiger partial charge >= 0.3 is 6.03 Å². The van der Waals surface area contributed by atoms with Crippen LogP contribution in [0.3, 0.4) is 0 Å². The molecule has 0 radical (unpaired) electrons. The number of sulfonamides is 1. The minimum absolute atomic E-state index is 0.0285. The van der Waals surface area contributed by atoms with E-state index in [0.29, 0.717) is 32.6 Å². The first-order valence-electron chi connectivity index (χ1n) is 8.06. The highest BCUT2D eigenvalue weighted by atomic mass is 32.2. The highest BCUT2D eigenvalue weighted by molar-refractivity contribution is 7.89. The summed E-state index contributed by atoms with van der Waals surface area (Å²) in [6.45, 7) is 3.80. The van der Waals surface area contributed by atoms with Crippen LogP contribution in [-0.4, -0.2) is 55.6 Å². The monoisotopic (exact) mass is 341 g/mol. The lowest BCUT2D eigenvalue weighted by molar-refractivity contribution is 0.185. The number of urea groups is 1. The van der Waals surface area contributed by atoms with Crippen LogP contribution in [0.4, 0.5) is 4.79 Å². The lowest BCUT2D eigenvalue weighted by Crippen LogP contribution is -2.43. The average Bonchev–Trinajstić information content (AvgIpc) is 3.19. The summed E-state index contributed by atoms with van der Waals surface area (Å²) in [4.78, 5) is 14.2. The molecule has 1 atom stereocenters. The number of hydrogen-bond donors (Lipinski definition) is 1. The van der Waals surface area contributed by atoms with Crippen LogP contribution in [0.5, 0.6) is 0 Å². The Morgan fingerprint density at radius 3 is 2.83 bits per heavy atom. The summed E-state index contributed by atoms with van der Waals surface area (Å²) < 4.78 is 30.5. The van der Waals surface area contributed by atoms with E-state index in [9.17, 15) is 13.2 Å². The molecule has 128 valence electrons. The summed E-state index contributed by atoms with van der Waals surface area (Å²) in [6, 6.07) is 3.64. The normalized spacial score (nSPS) is 24.2. The second kappa shape index (κ2) is 6.52. The Kier molecular flexibility index (Phi) is 4.63. The van der Waals surface area contributed by atoms with Gasteiger partial charge in [-0.15, -0.1) is 0 Å². The van der Waals surface area contributed by atoms with Crippen molar-refractivity contribution in [3.8, 4) is 0 Å². The van der Waals surface area contributed by atoms with Gasteiger partial charge in [0.15, 0.2) is 0 Å². The van der Waals surface area contributed by atoms with Gasteiger partial charge in [0.1, 0.15) is 11.5 Å². The zero-order valence-electron chi connectivity index (χ0n) is 13.3. The third-order valence-corrected chi connectivity index (χ3v) is 6.40. The van der Waals surface area contributed by atoms with Crippen molar-refractivity contribution in [2.75, 3.05) is 31.9 Å². The molecule has 2 saturated heterocycles. The first-order chi connectivity index (χ1) is 11.0. The Morgan fingerprint density at radius 1 is 1.35 bits per heavy atom. The molecule has 3 rings (SSSR count). The SMILES string of the molecule is Cc1ccc(C2CCCN2C(=O)NCCN2CCCS2(=O)=O)o1. The fourth-order valence-electron chi connectivity index (χ4n) is 3.27. The van der Waals surface area contributed by atoms with Gasteiger partial charge in [0.05, 0.1) is 11.8 Å². The summed E-state index contributed by atoms with van der Waals surface area (Å²) in [7, 11) is -3.10. The van der Waals surface area contributed by atoms with E-state index < -0.39 is 10.0 Å². The number of nitrogens with one attached hydrogen (secondary N) is 1. The van der Waals surface area contributed by atoms with Gasteiger partial charge in [-0.05, 0) is 38.3 Å². The zero-order valence-corrected chi connectivity index (χ0v) is 14.1. The summed E-state index contributed by atoms with van der Waals surface area (Å²) in [5.41, 5.74) is 0. The van der Waals surface area contributed by atoms with E-state index in [1.165, 1.54) is 4.31 Å². The van der Waals surface area contributed by atoms with Crippen LogP contribution in [0.15, 0.2) is 16.5 Å². The standard InChI is InChI=1S/C15H23N3O4S/c1-12-5-6-14(22-12)13-4-2-9-18(13)15(19)16-7-10-17-8-3-11-23(17,20)21/h5-6,13H,2-4,7-11H2,1H3,(H,16,19). The van der Waals surface area contributed by atoms with Crippen LogP contribution in [0, 0.1) is 6.92 Å². The van der Waals surface area contributed by atoms with Crippen molar-refractivity contribution in [3.05, 3.63) is 23.7 Å². The number of carbonyl (C=O) groups is 1. The molecule has 1 aromatic heterocycles. The zero-order chi connectivity index (χ0) is 16.4. The Morgan fingerprint density at radius 2 is 2.17 bits per heavy atom. The van der Waals surface area contributed by atoms with E-state index in [-0.39, 0.29) is 17.8 Å². The fraction of sp³-hybridized carbons (Fsp3) is 0.667. The Bertz CT molecular complexity index is 670. The lowest BCUT2D eigenvalue weighted by atomic mass is 10.2. The number of aryl methyl sites for hydroxylation is 1. The van der Waals surface area contributed by atoms with Gasteiger partial charge < -0.3 is 14.6 Å². The molecular formula is C15H23N3O4S.